The van der Waals surface area contributed by atoms with Crippen LogP contribution >= 0.6 is 12.2 Å². The van der Waals surface area contributed by atoms with Crippen LogP contribution in [0.2, 0.25) is 0 Å². The monoisotopic (exact) mass is 319 g/mol. The van der Waals surface area contributed by atoms with Crippen molar-refractivity contribution in [2.24, 2.45) is 5.10 Å². The number of benzene rings is 1. The van der Waals surface area contributed by atoms with Gasteiger partial charge in [0.15, 0.2) is 5.11 Å². The molecule has 0 saturated carbocycles. The van der Waals surface area contributed by atoms with Gasteiger partial charge in [-0.3, -0.25) is 5.43 Å². The molecule has 118 valence electrons. The third-order valence-electron chi connectivity index (χ3n) is 2.86. The average Bonchev–Trinajstić information content (AvgIpc) is 2.53. The van der Waals surface area contributed by atoms with Crippen LogP contribution in [0.5, 0.6) is 0 Å². The van der Waals surface area contributed by atoms with Gasteiger partial charge in [-0.1, -0.05) is 12.1 Å². The Morgan fingerprint density at radius 3 is 2.82 bits per heavy atom. The van der Waals surface area contributed by atoms with Gasteiger partial charge in [0, 0.05) is 32.9 Å². The largest absolute Gasteiger partial charge is 0.383 e. The number of anilines is 1. The van der Waals surface area contributed by atoms with Gasteiger partial charge in [0.25, 0.3) is 0 Å². The van der Waals surface area contributed by atoms with Crippen LogP contribution in [0.3, 0.4) is 0 Å². The van der Waals surface area contributed by atoms with Crippen LogP contribution in [-0.4, -0.2) is 45.2 Å². The summed E-state index contributed by atoms with van der Waals surface area (Å²) >= 11 is 5.05. The molecule has 0 radical (unpaired) electrons. The van der Waals surface area contributed by atoms with Crippen molar-refractivity contribution >= 4 is 29.2 Å². The summed E-state index contributed by atoms with van der Waals surface area (Å²) in [4.78, 5) is 2.04. The molecule has 0 heterocycles. The Bertz CT molecular complexity index is 524. The smallest absolute Gasteiger partial charge is 0.187 e. The zero-order valence-corrected chi connectivity index (χ0v) is 13.7. The maximum Gasteiger partial charge on any atom is 0.187 e. The lowest BCUT2D eigenvalue weighted by atomic mass is 10.2. The van der Waals surface area contributed by atoms with Crippen LogP contribution in [0, 0.1) is 11.3 Å². The van der Waals surface area contributed by atoms with E-state index in [9.17, 15) is 0 Å². The fraction of sp³-hybridized carbons (Fsp3) is 0.400. The number of hydrogen-bond acceptors (Lipinski definition) is 5. The van der Waals surface area contributed by atoms with Crippen molar-refractivity contribution in [2.75, 3.05) is 38.8 Å². The highest BCUT2D eigenvalue weighted by Crippen LogP contribution is 2.13. The van der Waals surface area contributed by atoms with E-state index in [4.69, 9.17) is 22.2 Å². The van der Waals surface area contributed by atoms with Crippen molar-refractivity contribution < 1.29 is 4.74 Å². The Morgan fingerprint density at radius 1 is 1.45 bits per heavy atom. The maximum absolute atomic E-state index is 8.59. The topological polar surface area (TPSA) is 72.7 Å². The number of hydrogen-bond donors (Lipinski definition) is 2. The van der Waals surface area contributed by atoms with Gasteiger partial charge in [0.05, 0.1) is 25.3 Å². The minimum Gasteiger partial charge on any atom is -0.383 e. The van der Waals surface area contributed by atoms with E-state index in [1.807, 2.05) is 36.2 Å². The molecule has 0 saturated heterocycles. The molecule has 0 bridgehead atoms. The molecular formula is C15H21N5OS. The number of methoxy groups -OCH3 is 1. The van der Waals surface area contributed by atoms with Crippen LogP contribution in [-0.2, 0) is 4.74 Å². The van der Waals surface area contributed by atoms with Crippen molar-refractivity contribution in [2.45, 2.75) is 6.42 Å². The molecule has 0 aliphatic heterocycles. The molecule has 0 fully saturated rings. The van der Waals surface area contributed by atoms with E-state index < -0.39 is 0 Å². The number of nitrogens with one attached hydrogen (secondary N) is 2. The van der Waals surface area contributed by atoms with Crippen LogP contribution in [0.1, 0.15) is 12.0 Å². The zero-order valence-electron chi connectivity index (χ0n) is 12.9. The third-order valence-corrected chi connectivity index (χ3v) is 3.10. The Labute approximate surface area is 136 Å². The van der Waals surface area contributed by atoms with Crippen molar-refractivity contribution in [1.29, 1.82) is 5.26 Å². The molecule has 0 amide bonds. The highest BCUT2D eigenvalue weighted by molar-refractivity contribution is 7.80. The van der Waals surface area contributed by atoms with Crippen molar-refractivity contribution in [1.82, 2.24) is 10.7 Å². The summed E-state index contributed by atoms with van der Waals surface area (Å²) in [5.74, 6) is 0. The Hall–Kier alpha value is -2.17. The predicted molar refractivity (Wildman–Crippen MR) is 93.1 cm³/mol. The minimum absolute atomic E-state index is 0.459. The SMILES string of the molecule is COCCNC(=S)N/N=C\c1ccc(N(C)CCC#N)cc1. The van der Waals surface area contributed by atoms with E-state index >= 15 is 0 Å². The second-order valence-corrected chi connectivity index (χ2v) is 4.95. The summed E-state index contributed by atoms with van der Waals surface area (Å²) in [6.45, 7) is 1.95. The zero-order chi connectivity index (χ0) is 16.2. The van der Waals surface area contributed by atoms with Crippen LogP contribution in [0.15, 0.2) is 29.4 Å². The first-order valence-electron chi connectivity index (χ1n) is 6.91. The first-order chi connectivity index (χ1) is 10.7. The highest BCUT2D eigenvalue weighted by Gasteiger charge is 1.99. The lowest BCUT2D eigenvalue weighted by molar-refractivity contribution is 0.204. The molecule has 7 heteroatoms. The normalized spacial score (nSPS) is 10.2. The molecule has 0 aromatic heterocycles. The quantitative estimate of drug-likeness (QED) is 0.327. The Balaban J connectivity index is 2.42. The molecule has 1 rings (SSSR count). The number of ether oxygens (including phenoxy) is 1. The van der Waals surface area contributed by atoms with E-state index in [0.717, 1.165) is 11.3 Å². The van der Waals surface area contributed by atoms with Crippen molar-refractivity contribution in [3.8, 4) is 6.07 Å². The van der Waals surface area contributed by atoms with Crippen LogP contribution in [0.4, 0.5) is 5.69 Å². The fourth-order valence-electron chi connectivity index (χ4n) is 1.63. The van der Waals surface area contributed by atoms with Gasteiger partial charge in [-0.15, -0.1) is 0 Å². The van der Waals surface area contributed by atoms with Crippen LogP contribution < -0.4 is 15.6 Å². The number of hydrazone groups is 1. The molecule has 1 aromatic carbocycles. The molecule has 0 unspecified atom stereocenters. The van der Waals surface area contributed by atoms with Gasteiger partial charge in [-0.2, -0.15) is 10.4 Å². The first-order valence-corrected chi connectivity index (χ1v) is 7.32. The standard InChI is InChI=1S/C15H21N5OS/c1-20(10-3-8-16)14-6-4-13(5-7-14)12-18-19-15(22)17-9-11-21-2/h4-7,12H,3,9-11H2,1-2H3,(H2,17,19,22)/b18-12-. The summed E-state index contributed by atoms with van der Waals surface area (Å²) in [6.07, 6.45) is 2.21. The minimum atomic E-state index is 0.459. The summed E-state index contributed by atoms with van der Waals surface area (Å²) in [5.41, 5.74) is 4.77. The highest BCUT2D eigenvalue weighted by atomic mass is 32.1. The van der Waals surface area contributed by atoms with Gasteiger partial charge in [0.2, 0.25) is 0 Å². The lowest BCUT2D eigenvalue weighted by Gasteiger charge is -2.17. The molecule has 0 spiro atoms. The van der Waals surface area contributed by atoms with Gasteiger partial charge in [0.1, 0.15) is 0 Å². The summed E-state index contributed by atoms with van der Waals surface area (Å²) in [6, 6.07) is 10.1. The fourth-order valence-corrected chi connectivity index (χ4v) is 1.79. The molecule has 2 N–H and O–H groups in total. The van der Waals surface area contributed by atoms with Crippen molar-refractivity contribution in [3.63, 3.8) is 0 Å². The number of rotatable bonds is 8. The molecule has 0 atom stereocenters. The van der Waals surface area contributed by atoms with Crippen molar-refractivity contribution in [3.05, 3.63) is 29.8 Å². The van der Waals surface area contributed by atoms with Gasteiger partial charge in [-0.25, -0.2) is 0 Å². The molecule has 22 heavy (non-hydrogen) atoms. The predicted octanol–water partition coefficient (Wildman–Crippen LogP) is 1.48. The molecular weight excluding hydrogens is 298 g/mol. The second kappa shape index (κ2) is 10.5. The maximum atomic E-state index is 8.59. The summed E-state index contributed by atoms with van der Waals surface area (Å²) in [5, 5.41) is 16.1. The number of nitrogens with zero attached hydrogens (tertiary/aromatic N) is 3. The van der Waals surface area contributed by atoms with Gasteiger partial charge < -0.3 is 15.0 Å². The van der Waals surface area contributed by atoms with E-state index in [0.29, 0.717) is 31.2 Å². The molecule has 1 aromatic rings. The second-order valence-electron chi connectivity index (χ2n) is 4.54. The van der Waals surface area contributed by atoms with E-state index in [1.165, 1.54) is 0 Å². The Kier molecular flexibility index (Phi) is 8.57. The Morgan fingerprint density at radius 2 is 2.18 bits per heavy atom. The van der Waals surface area contributed by atoms with E-state index in [1.54, 1.807) is 13.3 Å². The van der Waals surface area contributed by atoms with Gasteiger partial charge >= 0.3 is 0 Å². The molecule has 0 aliphatic carbocycles. The lowest BCUT2D eigenvalue weighted by Crippen LogP contribution is -2.34. The summed E-state index contributed by atoms with van der Waals surface area (Å²) in [7, 11) is 3.60. The third kappa shape index (κ3) is 7.02. The number of thiocarbonyl (C=S) groups is 1. The summed E-state index contributed by atoms with van der Waals surface area (Å²) < 4.78 is 4.91. The van der Waals surface area contributed by atoms with Crippen LogP contribution in [0.25, 0.3) is 0 Å². The van der Waals surface area contributed by atoms with E-state index in [2.05, 4.69) is 21.9 Å². The van der Waals surface area contributed by atoms with Gasteiger partial charge in [-0.05, 0) is 29.9 Å². The first kappa shape index (κ1) is 17.9. The average molecular weight is 319 g/mol. The molecule has 6 nitrogen and oxygen atoms in total. The molecule has 0 aliphatic rings. The number of nitriles is 1. The van der Waals surface area contributed by atoms with E-state index in [-0.39, 0.29) is 0 Å².